The van der Waals surface area contributed by atoms with Gasteiger partial charge in [0.2, 0.25) is 11.8 Å². The van der Waals surface area contributed by atoms with E-state index in [9.17, 15) is 19.2 Å². The molecule has 3 N–H and O–H groups in total. The van der Waals surface area contributed by atoms with Gasteiger partial charge in [-0.3, -0.25) is 19.3 Å². The molecule has 184 valence electrons. The van der Waals surface area contributed by atoms with Crippen molar-refractivity contribution in [1.29, 1.82) is 0 Å². The van der Waals surface area contributed by atoms with Crippen molar-refractivity contribution in [3.8, 4) is 0 Å². The van der Waals surface area contributed by atoms with E-state index in [1.807, 2.05) is 24.3 Å². The lowest BCUT2D eigenvalue weighted by Crippen LogP contribution is -2.51. The van der Waals surface area contributed by atoms with E-state index in [1.54, 1.807) is 0 Å². The minimum absolute atomic E-state index is 0.0287. The second-order valence-electron chi connectivity index (χ2n) is 10.8. The third-order valence-corrected chi connectivity index (χ3v) is 8.04. The van der Waals surface area contributed by atoms with Crippen LogP contribution in [0.25, 0.3) is 0 Å². The van der Waals surface area contributed by atoms with Gasteiger partial charge in [0.25, 0.3) is 5.91 Å². The number of nitrogens with zero attached hydrogens (tertiary/aromatic N) is 1. The number of carbonyl (C=O) groups is 4. The fourth-order valence-corrected chi connectivity index (χ4v) is 5.09. The Morgan fingerprint density at radius 3 is 2.50 bits per heavy atom. The Bertz CT molecular complexity index is 977. The number of amides is 5. The second-order valence-corrected chi connectivity index (χ2v) is 10.8. The molecule has 1 aliphatic heterocycles. The summed E-state index contributed by atoms with van der Waals surface area (Å²) in [6, 6.07) is 6.82. The zero-order chi connectivity index (χ0) is 24.5. The Morgan fingerprint density at radius 2 is 1.85 bits per heavy atom. The summed E-state index contributed by atoms with van der Waals surface area (Å²) in [5.41, 5.74) is 0.866. The molecule has 1 spiro atoms. The summed E-state index contributed by atoms with van der Waals surface area (Å²) in [7, 11) is 0. The van der Waals surface area contributed by atoms with Crippen LogP contribution in [-0.4, -0.2) is 40.7 Å². The van der Waals surface area contributed by atoms with Gasteiger partial charge >= 0.3 is 6.03 Å². The zero-order valence-corrected chi connectivity index (χ0v) is 20.4. The Morgan fingerprint density at radius 1 is 1.15 bits per heavy atom. The highest BCUT2D eigenvalue weighted by molar-refractivity contribution is 6.09. The molecule has 2 aliphatic carbocycles. The molecular weight excluding hydrogens is 432 g/mol. The fraction of sp³-hybridized carbons (Fsp3) is 0.615. The lowest BCUT2D eigenvalue weighted by atomic mass is 9.65. The molecule has 1 aromatic rings. The molecule has 0 radical (unpaired) electrons. The van der Waals surface area contributed by atoms with Crippen LogP contribution in [-0.2, 0) is 20.9 Å². The van der Waals surface area contributed by atoms with Crippen LogP contribution in [0.3, 0.4) is 0 Å². The van der Waals surface area contributed by atoms with E-state index in [-0.39, 0.29) is 36.2 Å². The molecule has 0 unspecified atom stereocenters. The summed E-state index contributed by atoms with van der Waals surface area (Å²) in [6.45, 7) is 6.66. The number of urea groups is 1. The number of benzene rings is 1. The molecule has 0 atom stereocenters. The molecule has 3 aliphatic rings. The molecule has 0 bridgehead atoms. The van der Waals surface area contributed by atoms with Crippen molar-refractivity contribution in [2.45, 2.75) is 77.8 Å². The Labute approximate surface area is 201 Å². The monoisotopic (exact) mass is 468 g/mol. The van der Waals surface area contributed by atoms with Gasteiger partial charge in [0.15, 0.2) is 0 Å². The topological polar surface area (TPSA) is 108 Å². The van der Waals surface area contributed by atoms with Crippen molar-refractivity contribution in [1.82, 2.24) is 15.5 Å². The maximum absolute atomic E-state index is 13.2. The standard InChI is InChI=1S/C26H36N4O4/c1-4-25(2,3)19-10-12-26(13-11-19)23(33)30(24(34)29-26)16-21(31)27-15-17-6-5-7-20(14-17)28-22(32)18-8-9-18/h5-7,14,18-19H,4,8-13,15-16H2,1-3H3,(H,27,31)(H,28,32)(H,29,34). The lowest BCUT2D eigenvalue weighted by Gasteiger charge is -2.42. The summed E-state index contributed by atoms with van der Waals surface area (Å²) in [5, 5.41) is 8.57. The smallest absolute Gasteiger partial charge is 0.325 e. The SMILES string of the molecule is CCC(C)(C)C1CCC2(CC1)NC(=O)N(CC(=O)NCc1cccc(NC(=O)C3CC3)c1)C2=O. The second kappa shape index (κ2) is 9.39. The van der Waals surface area contributed by atoms with Crippen molar-refractivity contribution in [2.75, 3.05) is 11.9 Å². The maximum atomic E-state index is 13.2. The summed E-state index contributed by atoms with van der Waals surface area (Å²) in [4.78, 5) is 51.3. The summed E-state index contributed by atoms with van der Waals surface area (Å²) >= 11 is 0. The molecule has 3 fully saturated rings. The Hall–Kier alpha value is -2.90. The number of imide groups is 1. The van der Waals surface area contributed by atoms with Crippen LogP contribution in [0.15, 0.2) is 24.3 Å². The van der Waals surface area contributed by atoms with Crippen molar-refractivity contribution >= 4 is 29.4 Å². The van der Waals surface area contributed by atoms with Crippen LogP contribution in [0, 0.1) is 17.3 Å². The molecule has 2 saturated carbocycles. The molecule has 0 aromatic heterocycles. The molecule has 1 heterocycles. The fourth-order valence-electron chi connectivity index (χ4n) is 5.09. The van der Waals surface area contributed by atoms with Crippen LogP contribution < -0.4 is 16.0 Å². The number of hydrogen-bond donors (Lipinski definition) is 3. The van der Waals surface area contributed by atoms with E-state index in [1.165, 1.54) is 0 Å². The summed E-state index contributed by atoms with van der Waals surface area (Å²) < 4.78 is 0. The predicted molar refractivity (Wildman–Crippen MR) is 129 cm³/mol. The van der Waals surface area contributed by atoms with Gasteiger partial charge in [-0.1, -0.05) is 39.3 Å². The van der Waals surface area contributed by atoms with Crippen molar-refractivity contribution < 1.29 is 19.2 Å². The molecule has 8 nitrogen and oxygen atoms in total. The lowest BCUT2D eigenvalue weighted by molar-refractivity contribution is -0.136. The number of rotatable bonds is 8. The first-order valence-corrected chi connectivity index (χ1v) is 12.4. The van der Waals surface area contributed by atoms with E-state index in [4.69, 9.17) is 0 Å². The third kappa shape index (κ3) is 5.10. The highest BCUT2D eigenvalue weighted by Gasteiger charge is 2.53. The van der Waals surface area contributed by atoms with Crippen LogP contribution in [0.4, 0.5) is 10.5 Å². The van der Waals surface area contributed by atoms with Gasteiger partial charge in [-0.2, -0.15) is 0 Å². The van der Waals surface area contributed by atoms with Crippen molar-refractivity contribution in [3.63, 3.8) is 0 Å². The highest BCUT2D eigenvalue weighted by Crippen LogP contribution is 2.45. The predicted octanol–water partition coefficient (Wildman–Crippen LogP) is 3.57. The largest absolute Gasteiger partial charge is 0.350 e. The van der Waals surface area contributed by atoms with Gasteiger partial charge in [-0.25, -0.2) is 4.79 Å². The molecule has 8 heteroatoms. The molecule has 5 amide bonds. The van der Waals surface area contributed by atoms with E-state index in [0.29, 0.717) is 24.4 Å². The van der Waals surface area contributed by atoms with E-state index < -0.39 is 17.5 Å². The number of anilines is 1. The van der Waals surface area contributed by atoms with Crippen molar-refractivity contribution in [2.24, 2.45) is 17.3 Å². The first kappa shape index (κ1) is 24.2. The quantitative estimate of drug-likeness (QED) is 0.507. The van der Waals surface area contributed by atoms with Crippen LogP contribution in [0.5, 0.6) is 0 Å². The van der Waals surface area contributed by atoms with E-state index >= 15 is 0 Å². The number of hydrogen-bond acceptors (Lipinski definition) is 4. The number of carbonyl (C=O) groups excluding carboxylic acids is 4. The molecule has 1 saturated heterocycles. The van der Waals surface area contributed by atoms with Gasteiger partial charge in [-0.05, 0) is 67.6 Å². The van der Waals surface area contributed by atoms with Crippen LogP contribution in [0.2, 0.25) is 0 Å². The maximum Gasteiger partial charge on any atom is 0.325 e. The first-order valence-electron chi connectivity index (χ1n) is 12.4. The van der Waals surface area contributed by atoms with Gasteiger partial charge in [-0.15, -0.1) is 0 Å². The highest BCUT2D eigenvalue weighted by atomic mass is 16.2. The third-order valence-electron chi connectivity index (χ3n) is 8.04. The van der Waals surface area contributed by atoms with Crippen LogP contribution in [0.1, 0.15) is 71.3 Å². The van der Waals surface area contributed by atoms with Gasteiger partial charge in [0, 0.05) is 18.2 Å². The Kier molecular flexibility index (Phi) is 6.69. The summed E-state index contributed by atoms with van der Waals surface area (Å²) in [5.74, 6) is -0.0149. The zero-order valence-electron chi connectivity index (χ0n) is 20.4. The van der Waals surface area contributed by atoms with Gasteiger partial charge in [0.1, 0.15) is 12.1 Å². The Balaban J connectivity index is 1.29. The summed E-state index contributed by atoms with van der Waals surface area (Å²) in [6.07, 6.45) is 5.95. The van der Waals surface area contributed by atoms with Crippen LogP contribution >= 0.6 is 0 Å². The number of nitrogens with one attached hydrogen (secondary N) is 3. The molecule has 1 aromatic carbocycles. The normalized spacial score (nSPS) is 24.8. The minimum Gasteiger partial charge on any atom is -0.350 e. The van der Waals surface area contributed by atoms with Gasteiger partial charge in [0.05, 0.1) is 0 Å². The molecule has 4 rings (SSSR count). The van der Waals surface area contributed by atoms with E-state index in [2.05, 4.69) is 36.7 Å². The molecular formula is C26H36N4O4. The average Bonchev–Trinajstić information content (AvgIpc) is 3.64. The van der Waals surface area contributed by atoms with E-state index in [0.717, 1.165) is 42.6 Å². The minimum atomic E-state index is -0.869. The van der Waals surface area contributed by atoms with Gasteiger partial charge < -0.3 is 16.0 Å². The molecule has 34 heavy (non-hydrogen) atoms. The first-order chi connectivity index (χ1) is 16.1. The average molecular weight is 469 g/mol. The van der Waals surface area contributed by atoms with Crippen molar-refractivity contribution in [3.05, 3.63) is 29.8 Å².